The third-order valence-electron chi connectivity index (χ3n) is 4.73. The van der Waals surface area contributed by atoms with Crippen LogP contribution in [0.3, 0.4) is 0 Å². The lowest BCUT2D eigenvalue weighted by Gasteiger charge is -2.38. The molecule has 5 nitrogen and oxygen atoms in total. The maximum Gasteiger partial charge on any atom is 0.225 e. The Morgan fingerprint density at radius 1 is 1.29 bits per heavy atom. The lowest BCUT2D eigenvalue weighted by atomic mass is 9.96. The zero-order valence-corrected chi connectivity index (χ0v) is 14.6. The highest BCUT2D eigenvalue weighted by Crippen LogP contribution is 2.21. The van der Waals surface area contributed by atoms with E-state index in [9.17, 15) is 14.7 Å². The Bertz CT molecular complexity index is 556. The molecule has 1 aliphatic heterocycles. The fourth-order valence-corrected chi connectivity index (χ4v) is 3.26. The van der Waals surface area contributed by atoms with Crippen LogP contribution in [0.5, 0.6) is 0 Å². The molecule has 2 atom stereocenters. The van der Waals surface area contributed by atoms with Crippen LogP contribution in [0.15, 0.2) is 24.3 Å². The summed E-state index contributed by atoms with van der Waals surface area (Å²) in [5.74, 6) is -0.0283. The highest BCUT2D eigenvalue weighted by atomic mass is 16.3. The molecular formula is C19H28N2O3. The molecule has 0 bridgehead atoms. The minimum atomic E-state index is -0.313. The Morgan fingerprint density at radius 2 is 2.00 bits per heavy atom. The average molecular weight is 332 g/mol. The molecule has 0 aliphatic carbocycles. The molecular weight excluding hydrogens is 304 g/mol. The first-order valence-electron chi connectivity index (χ1n) is 8.84. The molecule has 1 heterocycles. The van der Waals surface area contributed by atoms with E-state index in [-0.39, 0.29) is 23.8 Å². The number of carbonyl (C=O) groups excluding carboxylic acids is 2. The van der Waals surface area contributed by atoms with E-state index >= 15 is 0 Å². The number of piperidine rings is 1. The van der Waals surface area contributed by atoms with Gasteiger partial charge >= 0.3 is 0 Å². The number of aliphatic hydroxyl groups is 1. The topological polar surface area (TPSA) is 69.6 Å². The standard InChI is InChI=1S/C19H28N2O3/c1-3-18(23)17-6-4-5-12-21(17)13-11-19(24)20-16-9-7-15(8-10-16)14(2)22/h7-10,17-18,23H,3-6,11-13H2,1-2H3,(H,20,24). The highest BCUT2D eigenvalue weighted by molar-refractivity contribution is 5.95. The number of hydrogen-bond donors (Lipinski definition) is 2. The Hall–Kier alpha value is -1.72. The Labute approximate surface area is 144 Å². The smallest absolute Gasteiger partial charge is 0.225 e. The molecule has 132 valence electrons. The number of anilines is 1. The first kappa shape index (κ1) is 18.6. The van der Waals surface area contributed by atoms with Crippen molar-refractivity contribution in [2.75, 3.05) is 18.4 Å². The van der Waals surface area contributed by atoms with Gasteiger partial charge in [-0.25, -0.2) is 0 Å². The van der Waals surface area contributed by atoms with Crippen molar-refractivity contribution >= 4 is 17.4 Å². The van der Waals surface area contributed by atoms with Crippen LogP contribution in [0.1, 0.15) is 56.3 Å². The maximum atomic E-state index is 12.2. The maximum absolute atomic E-state index is 12.2. The van der Waals surface area contributed by atoms with Gasteiger partial charge in [0.2, 0.25) is 5.91 Å². The van der Waals surface area contributed by atoms with Crippen LogP contribution in [-0.2, 0) is 4.79 Å². The number of Topliss-reactive ketones (excluding diaryl/α,β-unsaturated/α-hetero) is 1. The third kappa shape index (κ3) is 5.14. The van der Waals surface area contributed by atoms with Crippen molar-refractivity contribution in [2.45, 2.75) is 58.1 Å². The number of nitrogens with zero attached hydrogens (tertiary/aromatic N) is 1. The molecule has 1 amide bonds. The van der Waals surface area contributed by atoms with Gasteiger partial charge in [0, 0.05) is 30.3 Å². The van der Waals surface area contributed by atoms with E-state index in [4.69, 9.17) is 0 Å². The van der Waals surface area contributed by atoms with Gasteiger partial charge in [-0.3, -0.25) is 14.5 Å². The first-order chi connectivity index (χ1) is 11.5. The van der Waals surface area contributed by atoms with Gasteiger partial charge in [-0.15, -0.1) is 0 Å². The summed E-state index contributed by atoms with van der Waals surface area (Å²) >= 11 is 0. The van der Waals surface area contributed by atoms with Crippen LogP contribution < -0.4 is 5.32 Å². The van der Waals surface area contributed by atoms with Crippen molar-refractivity contribution in [3.05, 3.63) is 29.8 Å². The number of amides is 1. The molecule has 24 heavy (non-hydrogen) atoms. The van der Waals surface area contributed by atoms with Gasteiger partial charge in [-0.2, -0.15) is 0 Å². The number of benzene rings is 1. The molecule has 1 saturated heterocycles. The quantitative estimate of drug-likeness (QED) is 0.753. The normalized spacial score (nSPS) is 19.7. The summed E-state index contributed by atoms with van der Waals surface area (Å²) < 4.78 is 0. The van der Waals surface area contributed by atoms with Gasteiger partial charge in [-0.05, 0) is 57.0 Å². The van der Waals surface area contributed by atoms with Crippen molar-refractivity contribution in [3.8, 4) is 0 Å². The highest BCUT2D eigenvalue weighted by Gasteiger charge is 2.27. The number of nitrogens with one attached hydrogen (secondary N) is 1. The van der Waals surface area contributed by atoms with Gasteiger partial charge < -0.3 is 10.4 Å². The fraction of sp³-hybridized carbons (Fsp3) is 0.579. The van der Waals surface area contributed by atoms with Crippen molar-refractivity contribution in [2.24, 2.45) is 0 Å². The molecule has 0 radical (unpaired) electrons. The molecule has 2 N–H and O–H groups in total. The molecule has 1 fully saturated rings. The molecule has 1 aromatic carbocycles. The second-order valence-electron chi connectivity index (χ2n) is 6.51. The second kappa shape index (κ2) is 8.94. The number of rotatable bonds is 7. The van der Waals surface area contributed by atoms with Gasteiger partial charge in [0.05, 0.1) is 6.10 Å². The molecule has 1 aromatic rings. The zero-order valence-electron chi connectivity index (χ0n) is 14.6. The summed E-state index contributed by atoms with van der Waals surface area (Å²) in [6.07, 6.45) is 4.11. The van der Waals surface area contributed by atoms with Crippen LogP contribution in [0, 0.1) is 0 Å². The summed E-state index contributed by atoms with van der Waals surface area (Å²) in [6, 6.07) is 7.11. The van der Waals surface area contributed by atoms with Crippen LogP contribution in [0.25, 0.3) is 0 Å². The minimum Gasteiger partial charge on any atom is -0.392 e. The van der Waals surface area contributed by atoms with Gasteiger partial charge in [0.25, 0.3) is 0 Å². The summed E-state index contributed by atoms with van der Waals surface area (Å²) in [5.41, 5.74) is 1.34. The van der Waals surface area contributed by atoms with Crippen LogP contribution in [0.2, 0.25) is 0 Å². The number of hydrogen-bond acceptors (Lipinski definition) is 4. The van der Waals surface area contributed by atoms with Crippen molar-refractivity contribution in [3.63, 3.8) is 0 Å². The predicted octanol–water partition coefficient (Wildman–Crippen LogP) is 2.84. The SMILES string of the molecule is CCC(O)C1CCCCN1CCC(=O)Nc1ccc(C(C)=O)cc1. The number of ketones is 1. The fourth-order valence-electron chi connectivity index (χ4n) is 3.26. The van der Waals surface area contributed by atoms with E-state index in [1.165, 1.54) is 6.92 Å². The minimum absolute atomic E-state index is 0.0125. The third-order valence-corrected chi connectivity index (χ3v) is 4.73. The monoisotopic (exact) mass is 332 g/mol. The summed E-state index contributed by atoms with van der Waals surface area (Å²) in [5, 5.41) is 13.0. The average Bonchev–Trinajstić information content (AvgIpc) is 2.60. The summed E-state index contributed by atoms with van der Waals surface area (Å²) in [6.45, 7) is 5.13. The molecule has 0 spiro atoms. The van der Waals surface area contributed by atoms with E-state index < -0.39 is 0 Å². The second-order valence-corrected chi connectivity index (χ2v) is 6.51. The van der Waals surface area contributed by atoms with Crippen LogP contribution in [0.4, 0.5) is 5.69 Å². The largest absolute Gasteiger partial charge is 0.392 e. The van der Waals surface area contributed by atoms with E-state index in [1.807, 2.05) is 6.92 Å². The van der Waals surface area contributed by atoms with Crippen LogP contribution >= 0.6 is 0 Å². The van der Waals surface area contributed by atoms with E-state index in [0.29, 0.717) is 24.2 Å². The van der Waals surface area contributed by atoms with E-state index in [0.717, 1.165) is 32.2 Å². The molecule has 0 saturated carbocycles. The number of carbonyl (C=O) groups is 2. The van der Waals surface area contributed by atoms with Crippen molar-refractivity contribution < 1.29 is 14.7 Å². The van der Waals surface area contributed by atoms with Crippen LogP contribution in [-0.4, -0.2) is 46.9 Å². The summed E-state index contributed by atoms with van der Waals surface area (Å²) in [7, 11) is 0. The number of likely N-dealkylation sites (tertiary alicyclic amines) is 1. The van der Waals surface area contributed by atoms with E-state index in [1.54, 1.807) is 24.3 Å². The predicted molar refractivity (Wildman–Crippen MR) is 95.2 cm³/mol. The van der Waals surface area contributed by atoms with Gasteiger partial charge in [-0.1, -0.05) is 13.3 Å². The van der Waals surface area contributed by atoms with E-state index in [2.05, 4.69) is 10.2 Å². The zero-order chi connectivity index (χ0) is 17.5. The Morgan fingerprint density at radius 3 is 2.62 bits per heavy atom. The molecule has 5 heteroatoms. The molecule has 2 unspecified atom stereocenters. The lowest BCUT2D eigenvalue weighted by Crippen LogP contribution is -2.47. The Balaban J connectivity index is 1.84. The molecule has 1 aliphatic rings. The van der Waals surface area contributed by atoms with Crippen molar-refractivity contribution in [1.82, 2.24) is 4.90 Å². The van der Waals surface area contributed by atoms with Crippen molar-refractivity contribution in [1.29, 1.82) is 0 Å². The Kier molecular flexibility index (Phi) is 6.94. The summed E-state index contributed by atoms with van der Waals surface area (Å²) in [4.78, 5) is 25.7. The molecule has 2 rings (SSSR count). The molecule has 0 aromatic heterocycles. The number of aliphatic hydroxyl groups excluding tert-OH is 1. The first-order valence-corrected chi connectivity index (χ1v) is 8.84. The van der Waals surface area contributed by atoms with Gasteiger partial charge in [0.15, 0.2) is 5.78 Å². The van der Waals surface area contributed by atoms with Gasteiger partial charge in [0.1, 0.15) is 0 Å². The lowest BCUT2D eigenvalue weighted by molar-refractivity contribution is -0.117.